The van der Waals surface area contributed by atoms with E-state index in [-0.39, 0.29) is 12.2 Å². The van der Waals surface area contributed by atoms with Crippen molar-refractivity contribution in [2.24, 2.45) is 4.99 Å². The molecule has 3 aromatic rings. The maximum Gasteiger partial charge on any atom is 0.338 e. The van der Waals surface area contributed by atoms with Crippen LogP contribution in [0.25, 0.3) is 6.08 Å². The quantitative estimate of drug-likeness (QED) is 0.423. The van der Waals surface area contributed by atoms with Gasteiger partial charge < -0.3 is 19.1 Å². The van der Waals surface area contributed by atoms with Crippen molar-refractivity contribution in [2.45, 2.75) is 26.8 Å². The maximum absolute atomic E-state index is 13.8. The van der Waals surface area contributed by atoms with Crippen molar-refractivity contribution in [2.75, 3.05) is 39.3 Å². The smallest absolute Gasteiger partial charge is 0.338 e. The first kappa shape index (κ1) is 26.2. The minimum Gasteiger partial charge on any atom is -0.493 e. The van der Waals surface area contributed by atoms with Gasteiger partial charge in [-0.1, -0.05) is 29.5 Å². The molecule has 1 aromatic heterocycles. The molecule has 0 bridgehead atoms. The Kier molecular flexibility index (Phi) is 7.83. The van der Waals surface area contributed by atoms with Gasteiger partial charge in [0.05, 0.1) is 42.2 Å². The van der Waals surface area contributed by atoms with Crippen LogP contribution in [-0.2, 0) is 9.53 Å². The fourth-order valence-electron chi connectivity index (χ4n) is 4.26. The molecule has 0 unspecified atom stereocenters. The second-order valence-electron chi connectivity index (χ2n) is 8.63. The van der Waals surface area contributed by atoms with Crippen LogP contribution in [0.3, 0.4) is 0 Å². The first-order valence-electron chi connectivity index (χ1n) is 12.1. The zero-order valence-electron chi connectivity index (χ0n) is 21.9. The highest BCUT2D eigenvalue weighted by Crippen LogP contribution is 2.36. The topological polar surface area (TPSA) is 82.4 Å². The molecule has 1 aliphatic heterocycles. The number of esters is 1. The van der Waals surface area contributed by atoms with Gasteiger partial charge in [0.1, 0.15) is 0 Å². The maximum atomic E-state index is 13.8. The molecule has 0 spiro atoms. The SMILES string of the molecule is CCOC(=O)C1=C(C)N=c2s/c(=C\c3ccc(N(C)C)cc3)c(=O)n2[C@H]1c1ccc(OC)c(OCC)c1. The summed E-state index contributed by atoms with van der Waals surface area (Å²) in [4.78, 5) is 34.1. The number of rotatable bonds is 8. The Labute approximate surface area is 219 Å². The van der Waals surface area contributed by atoms with Crippen molar-refractivity contribution >= 4 is 29.1 Å². The number of thiazole rings is 1. The number of carbonyl (C=O) groups excluding carboxylic acids is 1. The Hall–Kier alpha value is -3.85. The van der Waals surface area contributed by atoms with E-state index in [1.54, 1.807) is 31.6 Å². The predicted octanol–water partition coefficient (Wildman–Crippen LogP) is 3.27. The number of carbonyl (C=O) groups is 1. The summed E-state index contributed by atoms with van der Waals surface area (Å²) >= 11 is 1.29. The monoisotopic (exact) mass is 521 g/mol. The van der Waals surface area contributed by atoms with E-state index >= 15 is 0 Å². The lowest BCUT2D eigenvalue weighted by Crippen LogP contribution is -2.40. The average Bonchev–Trinajstić information content (AvgIpc) is 3.18. The lowest BCUT2D eigenvalue weighted by Gasteiger charge is -2.25. The second-order valence-corrected chi connectivity index (χ2v) is 9.64. The van der Waals surface area contributed by atoms with Crippen molar-refractivity contribution in [3.05, 3.63) is 84.5 Å². The number of allylic oxidation sites excluding steroid dienone is 1. The zero-order valence-corrected chi connectivity index (χ0v) is 22.7. The summed E-state index contributed by atoms with van der Waals surface area (Å²) < 4.78 is 18.7. The minimum atomic E-state index is -0.723. The van der Waals surface area contributed by atoms with Crippen LogP contribution in [-0.4, -0.2) is 45.0 Å². The van der Waals surface area contributed by atoms with E-state index in [9.17, 15) is 9.59 Å². The molecule has 1 atom stereocenters. The lowest BCUT2D eigenvalue weighted by atomic mass is 9.95. The van der Waals surface area contributed by atoms with E-state index in [0.717, 1.165) is 11.3 Å². The van der Waals surface area contributed by atoms with E-state index < -0.39 is 12.0 Å². The molecule has 0 radical (unpaired) electrons. The van der Waals surface area contributed by atoms with E-state index in [2.05, 4.69) is 4.99 Å². The number of fused-ring (bicyclic) bond motifs is 1. The molecular formula is C28H31N3O5S. The van der Waals surface area contributed by atoms with Crippen molar-refractivity contribution in [3.63, 3.8) is 0 Å². The lowest BCUT2D eigenvalue weighted by molar-refractivity contribution is -0.139. The number of methoxy groups -OCH3 is 1. The molecular weight excluding hydrogens is 490 g/mol. The summed E-state index contributed by atoms with van der Waals surface area (Å²) in [5.41, 5.74) is 3.27. The predicted molar refractivity (Wildman–Crippen MR) is 145 cm³/mol. The van der Waals surface area contributed by atoms with Gasteiger partial charge in [0.15, 0.2) is 16.3 Å². The number of hydrogen-bond donors (Lipinski definition) is 0. The first-order chi connectivity index (χ1) is 17.8. The normalized spacial score (nSPS) is 15.2. The molecule has 9 heteroatoms. The molecule has 2 aromatic carbocycles. The summed E-state index contributed by atoms with van der Waals surface area (Å²) in [6, 6.07) is 12.6. The Bertz CT molecular complexity index is 1520. The van der Waals surface area contributed by atoms with Crippen LogP contribution in [0, 0.1) is 0 Å². The van der Waals surface area contributed by atoms with Gasteiger partial charge in [-0.05, 0) is 62.2 Å². The van der Waals surface area contributed by atoms with E-state index in [4.69, 9.17) is 14.2 Å². The van der Waals surface area contributed by atoms with Crippen LogP contribution >= 0.6 is 11.3 Å². The third kappa shape index (κ3) is 5.17. The fraction of sp³-hybridized carbons (Fsp3) is 0.321. The summed E-state index contributed by atoms with van der Waals surface area (Å²) in [5, 5.41) is 0. The van der Waals surface area contributed by atoms with Gasteiger partial charge in [0, 0.05) is 19.8 Å². The van der Waals surface area contributed by atoms with Gasteiger partial charge in [-0.15, -0.1) is 0 Å². The van der Waals surface area contributed by atoms with Crippen molar-refractivity contribution in [1.29, 1.82) is 0 Å². The molecule has 2 heterocycles. The molecule has 0 amide bonds. The summed E-state index contributed by atoms with van der Waals surface area (Å²) in [6.45, 7) is 6.05. The van der Waals surface area contributed by atoms with E-state index in [1.807, 2.05) is 68.4 Å². The molecule has 0 aliphatic carbocycles. The van der Waals surface area contributed by atoms with Crippen LogP contribution in [0.1, 0.15) is 37.9 Å². The van der Waals surface area contributed by atoms with Crippen LogP contribution in [0.2, 0.25) is 0 Å². The van der Waals surface area contributed by atoms with Crippen LogP contribution in [0.5, 0.6) is 11.5 Å². The number of hydrogen-bond acceptors (Lipinski definition) is 8. The van der Waals surface area contributed by atoms with Crippen molar-refractivity contribution in [3.8, 4) is 11.5 Å². The fourth-order valence-corrected chi connectivity index (χ4v) is 5.31. The van der Waals surface area contributed by atoms with Crippen molar-refractivity contribution in [1.82, 2.24) is 4.57 Å². The molecule has 37 heavy (non-hydrogen) atoms. The number of benzene rings is 2. The Morgan fingerprint density at radius 3 is 2.46 bits per heavy atom. The van der Waals surface area contributed by atoms with E-state index in [1.165, 1.54) is 11.3 Å². The third-order valence-corrected chi connectivity index (χ3v) is 7.01. The minimum absolute atomic E-state index is 0.211. The van der Waals surface area contributed by atoms with Gasteiger partial charge in [0.2, 0.25) is 0 Å². The summed E-state index contributed by atoms with van der Waals surface area (Å²) in [5.74, 6) is 0.595. The van der Waals surface area contributed by atoms with Gasteiger partial charge in [0.25, 0.3) is 5.56 Å². The average molecular weight is 522 g/mol. The van der Waals surface area contributed by atoms with E-state index in [0.29, 0.717) is 44.3 Å². The van der Waals surface area contributed by atoms with Gasteiger partial charge in [-0.3, -0.25) is 9.36 Å². The standard InChI is InChI=1S/C28H31N3O5S/c1-7-35-22-16-19(11-14-21(22)34-6)25-24(27(33)36-8-2)17(3)29-28-31(25)26(32)23(37-28)15-18-9-12-20(13-10-18)30(4)5/h9-16,25H,7-8H2,1-6H3/b23-15-/t25-/m0/s1. The van der Waals surface area contributed by atoms with Crippen LogP contribution < -0.4 is 29.3 Å². The number of ether oxygens (including phenoxy) is 3. The molecule has 0 saturated carbocycles. The van der Waals surface area contributed by atoms with Crippen LogP contribution in [0.15, 0.2) is 63.5 Å². The second kappa shape index (κ2) is 11.0. The Morgan fingerprint density at radius 2 is 1.84 bits per heavy atom. The highest BCUT2D eigenvalue weighted by Gasteiger charge is 2.34. The molecule has 0 saturated heterocycles. The summed E-state index contributed by atoms with van der Waals surface area (Å²) in [6.07, 6.45) is 1.85. The number of aromatic nitrogens is 1. The summed E-state index contributed by atoms with van der Waals surface area (Å²) in [7, 11) is 5.53. The van der Waals surface area contributed by atoms with Gasteiger partial charge in [-0.25, -0.2) is 9.79 Å². The van der Waals surface area contributed by atoms with Gasteiger partial charge in [-0.2, -0.15) is 0 Å². The largest absolute Gasteiger partial charge is 0.493 e. The number of nitrogens with zero attached hydrogens (tertiary/aromatic N) is 3. The molecule has 1 aliphatic rings. The highest BCUT2D eigenvalue weighted by molar-refractivity contribution is 7.07. The molecule has 0 N–H and O–H groups in total. The Morgan fingerprint density at radius 1 is 1.11 bits per heavy atom. The third-order valence-electron chi connectivity index (χ3n) is 6.03. The zero-order chi connectivity index (χ0) is 26.7. The van der Waals surface area contributed by atoms with Gasteiger partial charge >= 0.3 is 5.97 Å². The molecule has 0 fully saturated rings. The Balaban J connectivity index is 1.92. The molecule has 194 valence electrons. The van der Waals surface area contributed by atoms with Crippen molar-refractivity contribution < 1.29 is 19.0 Å². The highest BCUT2D eigenvalue weighted by atomic mass is 32.1. The number of anilines is 1. The first-order valence-corrected chi connectivity index (χ1v) is 12.9. The van der Waals surface area contributed by atoms with Crippen LogP contribution in [0.4, 0.5) is 5.69 Å². The molecule has 4 rings (SSSR count). The molecule has 8 nitrogen and oxygen atoms in total.